The van der Waals surface area contributed by atoms with Crippen molar-refractivity contribution >= 4 is 52.8 Å². The van der Waals surface area contributed by atoms with Crippen LogP contribution in [0, 0.1) is 5.41 Å². The number of nitrogens with one attached hydrogen (secondary N) is 2. The molecule has 156 valence electrons. The van der Waals surface area contributed by atoms with Crippen LogP contribution >= 0.6 is 29.6 Å². The van der Waals surface area contributed by atoms with E-state index in [1.807, 2.05) is 50.3 Å². The van der Waals surface area contributed by atoms with Gasteiger partial charge in [-0.2, -0.15) is 0 Å². The number of hydrogen-bond donors (Lipinski definition) is 2. The number of alkyl carbamates (subject to hydrolysis) is 1. The minimum Gasteiger partial charge on any atom is -0.461 e. The molecule has 0 aromatic heterocycles. The van der Waals surface area contributed by atoms with Gasteiger partial charge in [-0.1, -0.05) is 67.4 Å². The summed E-state index contributed by atoms with van der Waals surface area (Å²) in [5, 5.41) is 4.58. The highest BCUT2D eigenvalue weighted by atomic mass is 35.5. The molecule has 0 fully saturated rings. The molecule has 3 rings (SSSR count). The molecule has 29 heavy (non-hydrogen) atoms. The third kappa shape index (κ3) is 5.68. The van der Waals surface area contributed by atoms with Gasteiger partial charge in [0.1, 0.15) is 0 Å². The Morgan fingerprint density at radius 2 is 2.10 bits per heavy atom. The minimum atomic E-state index is -1.72. The molecule has 1 atom stereocenters. The molecule has 1 amide bonds. The van der Waals surface area contributed by atoms with Crippen molar-refractivity contribution in [3.05, 3.63) is 64.8 Å². The Morgan fingerprint density at radius 3 is 2.83 bits per heavy atom. The van der Waals surface area contributed by atoms with Crippen LogP contribution in [-0.4, -0.2) is 24.9 Å². The SMILES string of the molecule is CC1(C)CC2=CC=COC2=C1OC(=O)NCSNCP(C)(=S)c1ccc(Cl)cc1. The van der Waals surface area contributed by atoms with Crippen molar-refractivity contribution in [3.63, 3.8) is 0 Å². The lowest BCUT2D eigenvalue weighted by Crippen LogP contribution is -2.28. The molecule has 0 bridgehead atoms. The first-order chi connectivity index (χ1) is 13.7. The molecule has 0 saturated carbocycles. The highest BCUT2D eigenvalue weighted by Gasteiger charge is 2.40. The van der Waals surface area contributed by atoms with E-state index in [4.69, 9.17) is 32.9 Å². The van der Waals surface area contributed by atoms with E-state index in [0.717, 1.165) is 17.3 Å². The summed E-state index contributed by atoms with van der Waals surface area (Å²) in [6, 6.07) is 5.96. The van der Waals surface area contributed by atoms with Crippen LogP contribution in [0.25, 0.3) is 0 Å². The Kier molecular flexibility index (Phi) is 7.18. The summed E-state index contributed by atoms with van der Waals surface area (Å²) in [5.41, 5.74) is 0.760. The average molecular weight is 471 g/mol. The number of fused-ring (bicyclic) bond motifs is 1. The van der Waals surface area contributed by atoms with Crippen molar-refractivity contribution in [2.45, 2.75) is 20.3 Å². The summed E-state index contributed by atoms with van der Waals surface area (Å²) < 4.78 is 14.4. The van der Waals surface area contributed by atoms with Gasteiger partial charge in [0.05, 0.1) is 12.1 Å². The molecule has 2 N–H and O–H groups in total. The quantitative estimate of drug-likeness (QED) is 0.251. The van der Waals surface area contributed by atoms with Crippen LogP contribution in [0.3, 0.4) is 0 Å². The number of amides is 1. The fourth-order valence-electron chi connectivity index (χ4n) is 3.09. The second kappa shape index (κ2) is 9.27. The number of ether oxygens (including phenoxy) is 2. The fourth-order valence-corrected chi connectivity index (χ4v) is 6.66. The van der Waals surface area contributed by atoms with E-state index in [2.05, 4.69) is 16.7 Å². The van der Waals surface area contributed by atoms with Crippen LogP contribution in [0.2, 0.25) is 5.02 Å². The van der Waals surface area contributed by atoms with Gasteiger partial charge in [-0.05, 0) is 48.2 Å². The predicted molar refractivity (Wildman–Crippen MR) is 125 cm³/mol. The van der Waals surface area contributed by atoms with Gasteiger partial charge in [0.2, 0.25) is 0 Å². The number of halogens is 1. The summed E-state index contributed by atoms with van der Waals surface area (Å²) in [6.07, 6.45) is 6.38. The molecule has 9 heteroatoms. The van der Waals surface area contributed by atoms with Crippen LogP contribution in [-0.2, 0) is 21.3 Å². The standard InChI is InChI=1S/C20H24ClN2O3PS2/c1-20(2)11-14-5-4-10-25-17(14)18(20)26-19(24)22-13-29-23-12-27(3,28)16-8-6-15(21)7-9-16/h4-10,23H,11-13H2,1-3H3,(H,22,24). The molecule has 0 spiro atoms. The van der Waals surface area contributed by atoms with E-state index < -0.39 is 12.1 Å². The van der Waals surface area contributed by atoms with Crippen LogP contribution in [0.5, 0.6) is 0 Å². The maximum atomic E-state index is 12.2. The second-order valence-corrected chi connectivity index (χ2v) is 14.3. The van der Waals surface area contributed by atoms with E-state index in [1.165, 1.54) is 11.9 Å². The Hall–Kier alpha value is -1.24. The molecule has 0 saturated heterocycles. The van der Waals surface area contributed by atoms with Gasteiger partial charge in [0.25, 0.3) is 0 Å². The highest BCUT2D eigenvalue weighted by Crippen LogP contribution is 2.47. The van der Waals surface area contributed by atoms with Crippen molar-refractivity contribution in [3.8, 4) is 0 Å². The molecule has 1 heterocycles. The van der Waals surface area contributed by atoms with Crippen LogP contribution in [0.4, 0.5) is 4.79 Å². The Morgan fingerprint density at radius 1 is 1.38 bits per heavy atom. The van der Waals surface area contributed by atoms with Crippen molar-refractivity contribution in [1.29, 1.82) is 0 Å². The highest BCUT2D eigenvalue weighted by molar-refractivity contribution is 8.18. The lowest BCUT2D eigenvalue weighted by Gasteiger charge is -2.21. The zero-order valence-corrected chi connectivity index (χ0v) is 19.8. The van der Waals surface area contributed by atoms with Crippen LogP contribution in [0.1, 0.15) is 20.3 Å². The Balaban J connectivity index is 1.45. The van der Waals surface area contributed by atoms with Gasteiger partial charge in [-0.15, -0.1) is 0 Å². The van der Waals surface area contributed by atoms with Gasteiger partial charge >= 0.3 is 6.09 Å². The first kappa shape index (κ1) is 22.4. The molecule has 0 radical (unpaired) electrons. The lowest BCUT2D eigenvalue weighted by molar-refractivity contribution is 0.148. The van der Waals surface area contributed by atoms with Crippen LogP contribution < -0.4 is 15.3 Å². The van der Waals surface area contributed by atoms with Gasteiger partial charge in [-0.3, -0.25) is 4.72 Å². The molecule has 1 aliphatic carbocycles. The van der Waals surface area contributed by atoms with E-state index in [1.54, 1.807) is 6.26 Å². The normalized spacial score (nSPS) is 19.1. The van der Waals surface area contributed by atoms with Crippen molar-refractivity contribution in [2.75, 3.05) is 18.8 Å². The molecule has 1 aliphatic heterocycles. The number of hydrogen-bond acceptors (Lipinski definition) is 6. The third-order valence-electron chi connectivity index (χ3n) is 4.63. The van der Waals surface area contributed by atoms with Gasteiger partial charge in [0, 0.05) is 16.7 Å². The number of carbonyl (C=O) groups is 1. The Bertz CT molecular complexity index is 926. The molecule has 1 aromatic carbocycles. The predicted octanol–water partition coefficient (Wildman–Crippen LogP) is 5.07. The van der Waals surface area contributed by atoms with Gasteiger partial charge < -0.3 is 14.8 Å². The maximum Gasteiger partial charge on any atom is 0.413 e. The Labute approximate surface area is 186 Å². The lowest BCUT2D eigenvalue weighted by atomic mass is 9.90. The first-order valence-corrected chi connectivity index (χ1v) is 13.9. The smallest absolute Gasteiger partial charge is 0.413 e. The molecule has 1 unspecified atom stereocenters. The van der Waals surface area contributed by atoms with Crippen molar-refractivity contribution in [2.24, 2.45) is 5.41 Å². The fraction of sp³-hybridized carbons (Fsp3) is 0.350. The summed E-state index contributed by atoms with van der Waals surface area (Å²) in [7, 11) is 0. The first-order valence-electron chi connectivity index (χ1n) is 9.09. The van der Waals surface area contributed by atoms with E-state index in [9.17, 15) is 4.79 Å². The van der Waals surface area contributed by atoms with Gasteiger partial charge in [-0.25, -0.2) is 4.79 Å². The summed E-state index contributed by atoms with van der Waals surface area (Å²) in [4.78, 5) is 12.2. The zero-order valence-electron chi connectivity index (χ0n) is 16.5. The van der Waals surface area contributed by atoms with Crippen LogP contribution in [0.15, 0.2) is 59.8 Å². The van der Waals surface area contributed by atoms with E-state index in [-0.39, 0.29) is 5.41 Å². The van der Waals surface area contributed by atoms with E-state index in [0.29, 0.717) is 28.7 Å². The van der Waals surface area contributed by atoms with Crippen molar-refractivity contribution < 1.29 is 14.3 Å². The molecular formula is C20H24ClN2O3PS2. The van der Waals surface area contributed by atoms with Gasteiger partial charge in [0.15, 0.2) is 11.5 Å². The number of rotatable bonds is 7. The van der Waals surface area contributed by atoms with Crippen molar-refractivity contribution in [1.82, 2.24) is 10.0 Å². The number of benzene rings is 1. The topological polar surface area (TPSA) is 59.6 Å². The molecular weight excluding hydrogens is 447 g/mol. The molecule has 5 nitrogen and oxygen atoms in total. The monoisotopic (exact) mass is 470 g/mol. The molecule has 2 aliphatic rings. The average Bonchev–Trinajstić information content (AvgIpc) is 2.91. The summed E-state index contributed by atoms with van der Waals surface area (Å²) in [5.74, 6) is 1.57. The minimum absolute atomic E-state index is 0.289. The van der Waals surface area contributed by atoms with E-state index >= 15 is 0 Å². The molecule has 1 aromatic rings. The number of allylic oxidation sites excluding steroid dienone is 4. The summed E-state index contributed by atoms with van der Waals surface area (Å²) in [6.45, 7) is 6.15. The zero-order chi connectivity index (χ0) is 21.1. The third-order valence-corrected chi connectivity index (χ3v) is 8.91. The second-order valence-electron chi connectivity index (χ2n) is 7.59. The largest absolute Gasteiger partial charge is 0.461 e. The number of carbonyl (C=O) groups excluding carboxylic acids is 1. The maximum absolute atomic E-state index is 12.2. The summed E-state index contributed by atoms with van der Waals surface area (Å²) >= 11 is 13.1.